The van der Waals surface area contributed by atoms with E-state index in [1.807, 2.05) is 6.92 Å². The van der Waals surface area contributed by atoms with Crippen molar-refractivity contribution >= 4 is 12.0 Å². The summed E-state index contributed by atoms with van der Waals surface area (Å²) in [6.45, 7) is 3.60. The third-order valence-corrected chi connectivity index (χ3v) is 2.63. The lowest BCUT2D eigenvalue weighted by Gasteiger charge is -2.20. The zero-order chi connectivity index (χ0) is 15.0. The van der Waals surface area contributed by atoms with E-state index in [0.717, 1.165) is 0 Å². The number of carbonyl (C=O) groups excluding carboxylic acids is 1. The van der Waals surface area contributed by atoms with Crippen molar-refractivity contribution in [2.75, 3.05) is 26.2 Å². The smallest absolute Gasteiger partial charge is 0.358 e. The number of rotatable bonds is 8. The molecule has 0 aliphatic rings. The first-order valence-electron chi connectivity index (χ1n) is 6.35. The molecule has 1 heterocycles. The quantitative estimate of drug-likeness (QED) is 0.586. The van der Waals surface area contributed by atoms with Crippen LogP contribution in [0.1, 0.15) is 23.8 Å². The van der Waals surface area contributed by atoms with Crippen LogP contribution < -0.4 is 5.32 Å². The average molecular weight is 285 g/mol. The lowest BCUT2D eigenvalue weighted by atomic mass is 10.4. The Labute approximate surface area is 116 Å². The first-order valence-corrected chi connectivity index (χ1v) is 6.35. The Morgan fingerprint density at radius 1 is 1.50 bits per heavy atom. The molecule has 0 spiro atoms. The van der Waals surface area contributed by atoms with Crippen LogP contribution in [0.25, 0.3) is 0 Å². The number of carboxylic acid groups (broad SMARTS) is 1. The Hall–Kier alpha value is -2.16. The number of aliphatic hydroxyl groups excluding tert-OH is 1. The number of carboxylic acids is 1. The second kappa shape index (κ2) is 8.10. The van der Waals surface area contributed by atoms with Crippen LogP contribution in [0.15, 0.2) is 6.20 Å². The summed E-state index contributed by atoms with van der Waals surface area (Å²) in [6, 6.07) is -0.223. The molecule has 0 saturated heterocycles. The number of hydrogen-bond acceptors (Lipinski definition) is 5. The van der Waals surface area contributed by atoms with Gasteiger partial charge < -0.3 is 20.4 Å². The van der Waals surface area contributed by atoms with E-state index in [1.54, 1.807) is 4.90 Å². The molecule has 9 heteroatoms. The van der Waals surface area contributed by atoms with Gasteiger partial charge in [0.2, 0.25) is 0 Å². The number of amides is 2. The van der Waals surface area contributed by atoms with Crippen molar-refractivity contribution in [3.63, 3.8) is 0 Å². The van der Waals surface area contributed by atoms with Crippen LogP contribution >= 0.6 is 0 Å². The molecule has 0 radical (unpaired) electrons. The molecule has 20 heavy (non-hydrogen) atoms. The summed E-state index contributed by atoms with van der Waals surface area (Å²) in [5.41, 5.74) is -0.130. The summed E-state index contributed by atoms with van der Waals surface area (Å²) in [4.78, 5) is 24.0. The molecule has 0 atom stereocenters. The summed E-state index contributed by atoms with van der Waals surface area (Å²) in [7, 11) is 0. The summed E-state index contributed by atoms with van der Waals surface area (Å²) in [5.74, 6) is -1.14. The maximum absolute atomic E-state index is 11.8. The highest BCUT2D eigenvalue weighted by atomic mass is 16.4. The van der Waals surface area contributed by atoms with E-state index in [0.29, 0.717) is 32.6 Å². The van der Waals surface area contributed by atoms with Crippen molar-refractivity contribution in [1.82, 2.24) is 25.2 Å². The number of aromatic carboxylic acids is 1. The zero-order valence-corrected chi connectivity index (χ0v) is 11.3. The lowest BCUT2D eigenvalue weighted by Crippen LogP contribution is -2.41. The number of urea groups is 1. The molecule has 9 nitrogen and oxygen atoms in total. The third-order valence-electron chi connectivity index (χ3n) is 2.63. The minimum absolute atomic E-state index is 0.0424. The Balaban J connectivity index is 2.34. The minimum Gasteiger partial charge on any atom is -0.476 e. The highest BCUT2D eigenvalue weighted by Gasteiger charge is 2.11. The molecule has 112 valence electrons. The van der Waals surface area contributed by atoms with Crippen LogP contribution in [0.3, 0.4) is 0 Å². The maximum Gasteiger partial charge on any atom is 0.358 e. The van der Waals surface area contributed by atoms with Crippen molar-refractivity contribution in [1.29, 1.82) is 0 Å². The number of nitrogens with zero attached hydrogens (tertiary/aromatic N) is 4. The Bertz CT molecular complexity index is 448. The van der Waals surface area contributed by atoms with Crippen LogP contribution in [-0.2, 0) is 6.54 Å². The van der Waals surface area contributed by atoms with Crippen LogP contribution in [0.4, 0.5) is 4.79 Å². The van der Waals surface area contributed by atoms with Gasteiger partial charge in [0, 0.05) is 26.2 Å². The topological polar surface area (TPSA) is 121 Å². The SMILES string of the molecule is CCN(CCCO)C(=O)NCCn1cc(C(=O)O)nn1. The third kappa shape index (κ3) is 4.84. The van der Waals surface area contributed by atoms with Gasteiger partial charge >= 0.3 is 12.0 Å². The van der Waals surface area contributed by atoms with Gasteiger partial charge in [-0.05, 0) is 13.3 Å². The summed E-state index contributed by atoms with van der Waals surface area (Å²) in [6.07, 6.45) is 1.84. The molecule has 1 aromatic heterocycles. The largest absolute Gasteiger partial charge is 0.476 e. The zero-order valence-electron chi connectivity index (χ0n) is 11.3. The highest BCUT2D eigenvalue weighted by molar-refractivity contribution is 5.84. The Morgan fingerprint density at radius 3 is 2.80 bits per heavy atom. The van der Waals surface area contributed by atoms with E-state index < -0.39 is 5.97 Å². The molecule has 1 aromatic rings. The first-order chi connectivity index (χ1) is 9.58. The normalized spacial score (nSPS) is 10.3. The average Bonchev–Trinajstić information content (AvgIpc) is 2.88. The van der Waals surface area contributed by atoms with Gasteiger partial charge in [-0.25, -0.2) is 14.3 Å². The summed E-state index contributed by atoms with van der Waals surface area (Å²) >= 11 is 0. The molecule has 0 aliphatic heterocycles. The summed E-state index contributed by atoms with van der Waals surface area (Å²) < 4.78 is 1.35. The van der Waals surface area contributed by atoms with E-state index in [2.05, 4.69) is 15.6 Å². The highest BCUT2D eigenvalue weighted by Crippen LogP contribution is 1.94. The second-order valence-electron chi connectivity index (χ2n) is 4.06. The number of aromatic nitrogens is 3. The molecule has 0 saturated carbocycles. The number of nitrogens with one attached hydrogen (secondary N) is 1. The van der Waals surface area contributed by atoms with Crippen LogP contribution in [-0.4, -0.2) is 68.3 Å². The molecular formula is C11H19N5O4. The molecule has 0 aromatic carbocycles. The van der Waals surface area contributed by atoms with Gasteiger partial charge in [-0.1, -0.05) is 5.21 Å². The van der Waals surface area contributed by atoms with Crippen LogP contribution in [0, 0.1) is 0 Å². The fourth-order valence-corrected chi connectivity index (χ4v) is 1.56. The van der Waals surface area contributed by atoms with Crippen molar-refractivity contribution < 1.29 is 19.8 Å². The number of hydrogen-bond donors (Lipinski definition) is 3. The van der Waals surface area contributed by atoms with E-state index in [-0.39, 0.29) is 18.3 Å². The molecule has 0 fully saturated rings. The first kappa shape index (κ1) is 15.9. The van der Waals surface area contributed by atoms with Gasteiger partial charge in [-0.15, -0.1) is 5.10 Å². The molecular weight excluding hydrogens is 266 g/mol. The maximum atomic E-state index is 11.8. The van der Waals surface area contributed by atoms with Gasteiger partial charge in [-0.3, -0.25) is 0 Å². The molecule has 3 N–H and O–H groups in total. The van der Waals surface area contributed by atoms with Crippen molar-refractivity contribution in [2.45, 2.75) is 19.9 Å². The monoisotopic (exact) mass is 285 g/mol. The molecule has 0 aliphatic carbocycles. The van der Waals surface area contributed by atoms with E-state index in [9.17, 15) is 9.59 Å². The molecule has 0 unspecified atom stereocenters. The predicted octanol–water partition coefficient (Wildman–Crippen LogP) is -0.610. The van der Waals surface area contributed by atoms with Gasteiger partial charge in [-0.2, -0.15) is 0 Å². The van der Waals surface area contributed by atoms with E-state index >= 15 is 0 Å². The van der Waals surface area contributed by atoms with Gasteiger partial charge in [0.25, 0.3) is 0 Å². The van der Waals surface area contributed by atoms with Crippen LogP contribution in [0.2, 0.25) is 0 Å². The predicted molar refractivity (Wildman–Crippen MR) is 69.3 cm³/mol. The van der Waals surface area contributed by atoms with E-state index in [1.165, 1.54) is 10.9 Å². The number of aliphatic hydroxyl groups is 1. The lowest BCUT2D eigenvalue weighted by molar-refractivity contribution is 0.0690. The van der Waals surface area contributed by atoms with Gasteiger partial charge in [0.05, 0.1) is 12.7 Å². The van der Waals surface area contributed by atoms with Crippen molar-refractivity contribution in [3.8, 4) is 0 Å². The summed E-state index contributed by atoms with van der Waals surface area (Å²) in [5, 5.41) is 27.2. The number of carbonyl (C=O) groups is 2. The van der Waals surface area contributed by atoms with Crippen LogP contribution in [0.5, 0.6) is 0 Å². The Kier molecular flexibility index (Phi) is 6.44. The van der Waals surface area contributed by atoms with Crippen molar-refractivity contribution in [2.24, 2.45) is 0 Å². The van der Waals surface area contributed by atoms with E-state index in [4.69, 9.17) is 10.2 Å². The fraction of sp³-hybridized carbons (Fsp3) is 0.636. The standard InChI is InChI=1S/C11H19N5O4/c1-2-15(5-3-7-17)11(20)12-4-6-16-8-9(10(18)19)13-14-16/h8,17H,2-7H2,1H3,(H,12,20)(H,18,19). The minimum atomic E-state index is -1.14. The molecule has 0 bridgehead atoms. The second-order valence-corrected chi connectivity index (χ2v) is 4.06. The van der Waals surface area contributed by atoms with Gasteiger partial charge in [0.1, 0.15) is 0 Å². The fourth-order valence-electron chi connectivity index (χ4n) is 1.56. The Morgan fingerprint density at radius 2 is 2.25 bits per heavy atom. The molecule has 1 rings (SSSR count). The van der Waals surface area contributed by atoms with Gasteiger partial charge in [0.15, 0.2) is 5.69 Å². The molecule has 2 amide bonds. The van der Waals surface area contributed by atoms with Crippen molar-refractivity contribution in [3.05, 3.63) is 11.9 Å².